The summed E-state index contributed by atoms with van der Waals surface area (Å²) in [6.45, 7) is 2.41. The molecule has 0 aliphatic carbocycles. The molecular weight excluding hydrogens is 204 g/mol. The van der Waals surface area contributed by atoms with Crippen LogP contribution in [0.2, 0.25) is 0 Å². The highest BCUT2D eigenvalue weighted by molar-refractivity contribution is 5.64. The summed E-state index contributed by atoms with van der Waals surface area (Å²) in [6, 6.07) is 8.24. The van der Waals surface area contributed by atoms with Gasteiger partial charge in [-0.05, 0) is 30.9 Å². The first-order valence-corrected chi connectivity index (χ1v) is 5.38. The number of rotatable bonds is 5. The molecule has 0 bridgehead atoms. The molecule has 0 saturated carbocycles. The van der Waals surface area contributed by atoms with Crippen molar-refractivity contribution >= 4 is 6.09 Å². The molecule has 4 nitrogen and oxygen atoms in total. The number of benzene rings is 1. The van der Waals surface area contributed by atoms with Gasteiger partial charge in [0.15, 0.2) is 0 Å². The minimum Gasteiger partial charge on any atom is -0.465 e. The lowest BCUT2D eigenvalue weighted by Gasteiger charge is -2.07. The fraction of sp³-hybridized carbons (Fsp3) is 0.417. The van der Waals surface area contributed by atoms with Gasteiger partial charge in [-0.15, -0.1) is 0 Å². The lowest BCUT2D eigenvalue weighted by atomic mass is 10.0. The Balaban J connectivity index is 2.50. The molecule has 1 atom stereocenters. The highest BCUT2D eigenvalue weighted by Crippen LogP contribution is 2.07. The van der Waals surface area contributed by atoms with E-state index in [0.717, 1.165) is 12.0 Å². The summed E-state index contributed by atoms with van der Waals surface area (Å²) in [5.74, 6) is 0. The van der Waals surface area contributed by atoms with Crippen molar-refractivity contribution in [2.75, 3.05) is 6.54 Å². The van der Waals surface area contributed by atoms with Crippen LogP contribution in [-0.4, -0.2) is 23.8 Å². The molecule has 0 spiro atoms. The zero-order valence-electron chi connectivity index (χ0n) is 9.44. The third-order valence-electron chi connectivity index (χ3n) is 2.24. The van der Waals surface area contributed by atoms with Crippen molar-refractivity contribution in [3.8, 4) is 0 Å². The molecule has 88 valence electrons. The first-order valence-electron chi connectivity index (χ1n) is 5.38. The van der Waals surface area contributed by atoms with Crippen LogP contribution in [-0.2, 0) is 12.8 Å². The molecule has 1 aromatic carbocycles. The molecule has 1 aromatic rings. The smallest absolute Gasteiger partial charge is 0.404 e. The standard InChI is InChI=1S/C12H18N2O2/c1-9(13)7-11-4-2-3-10(8-11)5-6-14-12(15)16/h2-4,8-9,14H,5-7,13H2,1H3,(H,15,16). The molecular formula is C12H18N2O2. The molecule has 0 aromatic heterocycles. The van der Waals surface area contributed by atoms with E-state index in [0.29, 0.717) is 13.0 Å². The van der Waals surface area contributed by atoms with Crippen molar-refractivity contribution in [3.63, 3.8) is 0 Å². The van der Waals surface area contributed by atoms with Gasteiger partial charge in [-0.2, -0.15) is 0 Å². The molecule has 4 N–H and O–H groups in total. The molecule has 4 heteroatoms. The average Bonchev–Trinajstić information content (AvgIpc) is 2.16. The predicted molar refractivity (Wildman–Crippen MR) is 63.5 cm³/mol. The maximum atomic E-state index is 10.3. The van der Waals surface area contributed by atoms with E-state index in [-0.39, 0.29) is 6.04 Å². The topological polar surface area (TPSA) is 75.3 Å². The number of carboxylic acid groups (broad SMARTS) is 1. The number of nitrogens with two attached hydrogens (primary N) is 1. The van der Waals surface area contributed by atoms with E-state index < -0.39 is 6.09 Å². The number of nitrogens with one attached hydrogen (secondary N) is 1. The monoisotopic (exact) mass is 222 g/mol. The predicted octanol–water partition coefficient (Wildman–Crippen LogP) is 1.39. The lowest BCUT2D eigenvalue weighted by Crippen LogP contribution is -2.23. The van der Waals surface area contributed by atoms with Crippen LogP contribution in [0.15, 0.2) is 24.3 Å². The van der Waals surface area contributed by atoms with Crippen molar-refractivity contribution in [1.82, 2.24) is 5.32 Å². The van der Waals surface area contributed by atoms with E-state index in [2.05, 4.69) is 11.4 Å². The highest BCUT2D eigenvalue weighted by atomic mass is 16.4. The van der Waals surface area contributed by atoms with Crippen LogP contribution < -0.4 is 11.1 Å². The normalized spacial score (nSPS) is 12.1. The van der Waals surface area contributed by atoms with Crippen LogP contribution in [0.3, 0.4) is 0 Å². The van der Waals surface area contributed by atoms with Gasteiger partial charge in [0, 0.05) is 12.6 Å². The van der Waals surface area contributed by atoms with Crippen molar-refractivity contribution in [2.45, 2.75) is 25.8 Å². The van der Waals surface area contributed by atoms with Gasteiger partial charge >= 0.3 is 6.09 Å². The van der Waals surface area contributed by atoms with Crippen LogP contribution in [0.5, 0.6) is 0 Å². The quantitative estimate of drug-likeness (QED) is 0.704. The van der Waals surface area contributed by atoms with E-state index in [1.165, 1.54) is 5.56 Å². The second kappa shape index (κ2) is 6.12. The average molecular weight is 222 g/mol. The molecule has 16 heavy (non-hydrogen) atoms. The van der Waals surface area contributed by atoms with E-state index in [1.807, 2.05) is 25.1 Å². The number of hydrogen-bond donors (Lipinski definition) is 3. The van der Waals surface area contributed by atoms with Gasteiger partial charge in [0.05, 0.1) is 0 Å². The Bertz CT molecular complexity index is 351. The van der Waals surface area contributed by atoms with Gasteiger partial charge in [-0.25, -0.2) is 4.79 Å². The molecule has 0 aliphatic rings. The van der Waals surface area contributed by atoms with E-state index in [9.17, 15) is 4.79 Å². The van der Waals surface area contributed by atoms with Crippen LogP contribution in [0, 0.1) is 0 Å². The Morgan fingerprint density at radius 2 is 2.19 bits per heavy atom. The SMILES string of the molecule is CC(N)Cc1cccc(CCNC(=O)O)c1. The Morgan fingerprint density at radius 1 is 1.50 bits per heavy atom. The third-order valence-corrected chi connectivity index (χ3v) is 2.24. The molecule has 0 saturated heterocycles. The molecule has 0 aliphatic heterocycles. The van der Waals surface area contributed by atoms with Crippen LogP contribution in [0.1, 0.15) is 18.1 Å². The van der Waals surface area contributed by atoms with Crippen LogP contribution in [0.25, 0.3) is 0 Å². The van der Waals surface area contributed by atoms with Gasteiger partial charge in [0.25, 0.3) is 0 Å². The Labute approximate surface area is 95.5 Å². The van der Waals surface area contributed by atoms with Gasteiger partial charge < -0.3 is 16.2 Å². The molecule has 1 amide bonds. The highest BCUT2D eigenvalue weighted by Gasteiger charge is 2.00. The zero-order chi connectivity index (χ0) is 12.0. The van der Waals surface area contributed by atoms with E-state index in [4.69, 9.17) is 10.8 Å². The van der Waals surface area contributed by atoms with Crippen molar-refractivity contribution in [3.05, 3.63) is 35.4 Å². The van der Waals surface area contributed by atoms with Crippen LogP contribution in [0.4, 0.5) is 4.79 Å². The van der Waals surface area contributed by atoms with Crippen LogP contribution >= 0.6 is 0 Å². The second-order valence-corrected chi connectivity index (χ2v) is 3.98. The molecule has 0 heterocycles. The summed E-state index contributed by atoms with van der Waals surface area (Å²) < 4.78 is 0. The maximum absolute atomic E-state index is 10.3. The second-order valence-electron chi connectivity index (χ2n) is 3.98. The number of hydrogen-bond acceptors (Lipinski definition) is 2. The van der Waals surface area contributed by atoms with Gasteiger partial charge in [-0.3, -0.25) is 0 Å². The van der Waals surface area contributed by atoms with Crippen molar-refractivity contribution in [2.24, 2.45) is 5.73 Å². The first kappa shape index (κ1) is 12.5. The van der Waals surface area contributed by atoms with Crippen molar-refractivity contribution in [1.29, 1.82) is 0 Å². The Kier molecular flexibility index (Phi) is 4.79. The van der Waals surface area contributed by atoms with Gasteiger partial charge in [0.2, 0.25) is 0 Å². The lowest BCUT2D eigenvalue weighted by molar-refractivity contribution is 0.194. The molecule has 0 radical (unpaired) electrons. The fourth-order valence-corrected chi connectivity index (χ4v) is 1.60. The first-order chi connectivity index (χ1) is 7.58. The van der Waals surface area contributed by atoms with Gasteiger partial charge in [0.1, 0.15) is 0 Å². The van der Waals surface area contributed by atoms with E-state index in [1.54, 1.807) is 0 Å². The van der Waals surface area contributed by atoms with Gasteiger partial charge in [-0.1, -0.05) is 24.3 Å². The number of carbonyl (C=O) groups is 1. The molecule has 1 unspecified atom stereocenters. The summed E-state index contributed by atoms with van der Waals surface area (Å²) >= 11 is 0. The maximum Gasteiger partial charge on any atom is 0.404 e. The molecule has 0 fully saturated rings. The van der Waals surface area contributed by atoms with E-state index >= 15 is 0 Å². The Hall–Kier alpha value is -1.55. The minimum atomic E-state index is -0.980. The summed E-state index contributed by atoms with van der Waals surface area (Å²) in [6.07, 6.45) is 0.575. The number of amides is 1. The summed E-state index contributed by atoms with van der Waals surface area (Å²) in [4.78, 5) is 10.3. The summed E-state index contributed by atoms with van der Waals surface area (Å²) in [7, 11) is 0. The minimum absolute atomic E-state index is 0.146. The summed E-state index contributed by atoms with van der Waals surface area (Å²) in [5, 5.41) is 10.8. The summed E-state index contributed by atoms with van der Waals surface area (Å²) in [5.41, 5.74) is 8.05. The van der Waals surface area contributed by atoms with Crippen molar-refractivity contribution < 1.29 is 9.90 Å². The fourth-order valence-electron chi connectivity index (χ4n) is 1.60. The molecule has 1 rings (SSSR count). The Morgan fingerprint density at radius 3 is 2.81 bits per heavy atom. The third kappa shape index (κ3) is 4.79. The zero-order valence-corrected chi connectivity index (χ0v) is 9.44. The largest absolute Gasteiger partial charge is 0.465 e.